The lowest BCUT2D eigenvalue weighted by Gasteiger charge is -2.16. The highest BCUT2D eigenvalue weighted by Crippen LogP contribution is 2.34. The van der Waals surface area contributed by atoms with Gasteiger partial charge in [0.15, 0.2) is 0 Å². The molecule has 3 N–H and O–H groups in total. The number of nitrogens with one attached hydrogen (secondary N) is 2. The Morgan fingerprint density at radius 2 is 2.08 bits per heavy atom. The fourth-order valence-corrected chi connectivity index (χ4v) is 3.75. The molecule has 0 bridgehead atoms. The van der Waals surface area contributed by atoms with Crippen molar-refractivity contribution in [1.29, 1.82) is 0 Å². The molecular weight excluding hydrogens is 346 g/mol. The topological polar surface area (TPSA) is 83.0 Å². The molecule has 6 nitrogen and oxygen atoms in total. The molecule has 1 saturated carbocycles. The van der Waals surface area contributed by atoms with E-state index in [0.29, 0.717) is 11.9 Å². The number of hydrogen-bond donors (Lipinski definition) is 3. The lowest BCUT2D eigenvalue weighted by molar-refractivity contribution is 0.217. The SMILES string of the molecule is CC[C@H](CO)CCNc1nc(NCC2CC2)nc(C)c1-c1ncc(C)s1. The summed E-state index contributed by atoms with van der Waals surface area (Å²) in [6.07, 6.45) is 6.38. The van der Waals surface area contributed by atoms with Crippen LogP contribution in [0.2, 0.25) is 0 Å². The van der Waals surface area contributed by atoms with Crippen molar-refractivity contribution in [3.05, 3.63) is 16.8 Å². The van der Waals surface area contributed by atoms with Gasteiger partial charge >= 0.3 is 0 Å². The molecule has 1 atom stereocenters. The first kappa shape index (κ1) is 19.0. The average molecular weight is 376 g/mol. The summed E-state index contributed by atoms with van der Waals surface area (Å²) in [6, 6.07) is 0. The van der Waals surface area contributed by atoms with Gasteiger partial charge in [-0.1, -0.05) is 13.3 Å². The monoisotopic (exact) mass is 375 g/mol. The first-order valence-electron chi connectivity index (χ1n) is 9.50. The normalized spacial score (nSPS) is 15.1. The van der Waals surface area contributed by atoms with Crippen LogP contribution in [0.3, 0.4) is 0 Å². The molecule has 0 spiro atoms. The van der Waals surface area contributed by atoms with Crippen molar-refractivity contribution in [1.82, 2.24) is 15.0 Å². The molecular formula is C19H29N5OS. The number of anilines is 2. The van der Waals surface area contributed by atoms with Crippen LogP contribution >= 0.6 is 11.3 Å². The summed E-state index contributed by atoms with van der Waals surface area (Å²) < 4.78 is 0. The fourth-order valence-electron chi connectivity index (χ4n) is 2.88. The summed E-state index contributed by atoms with van der Waals surface area (Å²) in [6.45, 7) is 8.13. The molecule has 0 unspecified atom stereocenters. The number of aromatic nitrogens is 3. The van der Waals surface area contributed by atoms with Crippen molar-refractivity contribution in [2.45, 2.75) is 46.5 Å². The third-order valence-corrected chi connectivity index (χ3v) is 5.78. The van der Waals surface area contributed by atoms with Crippen LogP contribution in [0.5, 0.6) is 0 Å². The average Bonchev–Trinajstić information content (AvgIpc) is 3.37. The van der Waals surface area contributed by atoms with Crippen LogP contribution in [0.15, 0.2) is 6.20 Å². The van der Waals surface area contributed by atoms with Crippen LogP contribution in [0, 0.1) is 25.7 Å². The standard InChI is InChI=1S/C19H29N5OS/c1-4-14(11-25)7-8-20-17-16(18-21-9-12(2)26-18)13(3)23-19(24-17)22-10-15-5-6-15/h9,14-15,25H,4-8,10-11H2,1-3H3,(H2,20,22,23,24)/t14-/m0/s1. The lowest BCUT2D eigenvalue weighted by atomic mass is 10.0. The van der Waals surface area contributed by atoms with Gasteiger partial charge < -0.3 is 15.7 Å². The van der Waals surface area contributed by atoms with E-state index in [1.54, 1.807) is 11.3 Å². The summed E-state index contributed by atoms with van der Waals surface area (Å²) in [5, 5.41) is 17.2. The van der Waals surface area contributed by atoms with E-state index < -0.39 is 0 Å². The van der Waals surface area contributed by atoms with E-state index in [1.165, 1.54) is 17.7 Å². The van der Waals surface area contributed by atoms with Crippen LogP contribution in [-0.2, 0) is 0 Å². The zero-order valence-corrected chi connectivity index (χ0v) is 16.7. The first-order chi connectivity index (χ1) is 12.6. The first-order valence-corrected chi connectivity index (χ1v) is 10.3. The zero-order chi connectivity index (χ0) is 18.5. The summed E-state index contributed by atoms with van der Waals surface area (Å²) >= 11 is 1.66. The molecule has 1 aliphatic rings. The Labute approximate surface area is 159 Å². The molecule has 2 heterocycles. The van der Waals surface area contributed by atoms with Crippen molar-refractivity contribution in [3.63, 3.8) is 0 Å². The number of hydrogen-bond acceptors (Lipinski definition) is 7. The Morgan fingerprint density at radius 1 is 1.27 bits per heavy atom. The van der Waals surface area contributed by atoms with Crippen LogP contribution in [0.4, 0.5) is 11.8 Å². The minimum Gasteiger partial charge on any atom is -0.396 e. The van der Waals surface area contributed by atoms with E-state index in [9.17, 15) is 5.11 Å². The third-order valence-electron chi connectivity index (χ3n) is 4.85. The van der Waals surface area contributed by atoms with Gasteiger partial charge in [-0.3, -0.25) is 0 Å². The van der Waals surface area contributed by atoms with Crippen molar-refractivity contribution in [3.8, 4) is 10.6 Å². The van der Waals surface area contributed by atoms with Gasteiger partial charge in [0, 0.05) is 30.8 Å². The van der Waals surface area contributed by atoms with Gasteiger partial charge in [-0.25, -0.2) is 9.97 Å². The number of aliphatic hydroxyl groups is 1. The number of nitrogens with zero attached hydrogens (tertiary/aromatic N) is 3. The number of thiazole rings is 1. The Bertz CT molecular complexity index is 725. The molecule has 142 valence electrons. The minimum absolute atomic E-state index is 0.230. The highest BCUT2D eigenvalue weighted by Gasteiger charge is 2.22. The molecule has 2 aromatic heterocycles. The molecule has 0 amide bonds. The summed E-state index contributed by atoms with van der Waals surface area (Å²) in [7, 11) is 0. The van der Waals surface area contributed by atoms with Gasteiger partial charge in [-0.2, -0.15) is 4.98 Å². The Morgan fingerprint density at radius 3 is 2.69 bits per heavy atom. The molecule has 26 heavy (non-hydrogen) atoms. The van der Waals surface area contributed by atoms with E-state index in [0.717, 1.165) is 53.9 Å². The third kappa shape index (κ3) is 4.92. The molecule has 2 aromatic rings. The Balaban J connectivity index is 1.80. The van der Waals surface area contributed by atoms with Gasteiger partial charge in [0.1, 0.15) is 10.8 Å². The van der Waals surface area contributed by atoms with Gasteiger partial charge in [-0.05, 0) is 44.9 Å². The molecule has 1 aliphatic carbocycles. The number of aryl methyl sites for hydroxylation is 2. The second kappa shape index (κ2) is 8.77. The largest absolute Gasteiger partial charge is 0.396 e. The number of aliphatic hydroxyl groups excluding tert-OH is 1. The van der Waals surface area contributed by atoms with E-state index in [-0.39, 0.29) is 6.61 Å². The summed E-state index contributed by atoms with van der Waals surface area (Å²) in [5.41, 5.74) is 1.92. The van der Waals surface area contributed by atoms with Crippen molar-refractivity contribution >= 4 is 23.1 Å². The van der Waals surface area contributed by atoms with Crippen LogP contribution in [-0.4, -0.2) is 39.8 Å². The Hall–Kier alpha value is -1.73. The van der Waals surface area contributed by atoms with Crippen LogP contribution in [0.1, 0.15) is 43.2 Å². The Kier molecular flexibility index (Phi) is 6.43. The van der Waals surface area contributed by atoms with E-state index in [2.05, 4.69) is 34.4 Å². The maximum Gasteiger partial charge on any atom is 0.224 e. The van der Waals surface area contributed by atoms with Gasteiger partial charge in [0.25, 0.3) is 0 Å². The molecule has 0 aliphatic heterocycles. The molecule has 7 heteroatoms. The highest BCUT2D eigenvalue weighted by atomic mass is 32.1. The predicted octanol–water partition coefficient (Wildman–Crippen LogP) is 3.86. The van der Waals surface area contributed by atoms with Gasteiger partial charge in [-0.15, -0.1) is 11.3 Å². The van der Waals surface area contributed by atoms with Crippen molar-refractivity contribution in [2.24, 2.45) is 11.8 Å². The van der Waals surface area contributed by atoms with E-state index >= 15 is 0 Å². The molecule has 1 fully saturated rings. The second-order valence-electron chi connectivity index (χ2n) is 7.13. The maximum atomic E-state index is 9.40. The summed E-state index contributed by atoms with van der Waals surface area (Å²) in [4.78, 5) is 15.1. The second-order valence-corrected chi connectivity index (χ2v) is 8.36. The van der Waals surface area contributed by atoms with Crippen molar-refractivity contribution < 1.29 is 5.11 Å². The van der Waals surface area contributed by atoms with E-state index in [4.69, 9.17) is 4.98 Å². The van der Waals surface area contributed by atoms with Gasteiger partial charge in [0.2, 0.25) is 5.95 Å². The quantitative estimate of drug-likeness (QED) is 0.585. The molecule has 0 saturated heterocycles. The predicted molar refractivity (Wildman–Crippen MR) is 108 cm³/mol. The zero-order valence-electron chi connectivity index (χ0n) is 15.9. The minimum atomic E-state index is 0.230. The van der Waals surface area contributed by atoms with Crippen LogP contribution < -0.4 is 10.6 Å². The maximum absolute atomic E-state index is 9.40. The van der Waals surface area contributed by atoms with Crippen molar-refractivity contribution in [2.75, 3.05) is 30.3 Å². The fraction of sp³-hybridized carbons (Fsp3) is 0.632. The molecule has 3 rings (SSSR count). The lowest BCUT2D eigenvalue weighted by Crippen LogP contribution is -2.15. The van der Waals surface area contributed by atoms with Gasteiger partial charge in [0.05, 0.1) is 11.3 Å². The molecule has 0 aromatic carbocycles. The van der Waals surface area contributed by atoms with Crippen LogP contribution in [0.25, 0.3) is 10.6 Å². The smallest absolute Gasteiger partial charge is 0.224 e. The molecule has 0 radical (unpaired) electrons. The van der Waals surface area contributed by atoms with E-state index in [1.807, 2.05) is 13.1 Å². The number of rotatable bonds is 10. The highest BCUT2D eigenvalue weighted by molar-refractivity contribution is 7.15. The summed E-state index contributed by atoms with van der Waals surface area (Å²) in [5.74, 6) is 2.61.